The van der Waals surface area contributed by atoms with Gasteiger partial charge in [-0.1, -0.05) is 19.3 Å². The van der Waals surface area contributed by atoms with E-state index >= 15 is 0 Å². The number of carbonyl (C=O) groups is 1. The van der Waals surface area contributed by atoms with Crippen LogP contribution < -0.4 is 5.73 Å². The molecule has 0 unspecified atom stereocenters. The third kappa shape index (κ3) is 3.70. The Kier molecular flexibility index (Phi) is 4.84. The highest BCUT2D eigenvalue weighted by molar-refractivity contribution is 5.78. The predicted octanol–water partition coefficient (Wildman–Crippen LogP) is 2.30. The van der Waals surface area contributed by atoms with Crippen LogP contribution in [0.4, 0.5) is 0 Å². The molecule has 1 saturated heterocycles. The molecule has 0 aromatic rings. The molecule has 0 aromatic heterocycles. The highest BCUT2D eigenvalue weighted by Gasteiger charge is 2.28. The SMILES string of the molecule is NC1CCC(C(=O)N2CCCCCCC2)CC1. The molecule has 2 aliphatic rings. The van der Waals surface area contributed by atoms with Gasteiger partial charge in [-0.25, -0.2) is 0 Å². The average Bonchev–Trinajstić information content (AvgIpc) is 2.29. The van der Waals surface area contributed by atoms with Crippen LogP contribution in [-0.4, -0.2) is 29.9 Å². The molecule has 2 fully saturated rings. The van der Waals surface area contributed by atoms with Crippen molar-refractivity contribution >= 4 is 5.91 Å². The molecule has 17 heavy (non-hydrogen) atoms. The quantitative estimate of drug-likeness (QED) is 0.762. The number of nitrogens with zero attached hydrogens (tertiary/aromatic N) is 1. The van der Waals surface area contributed by atoms with Gasteiger partial charge in [0, 0.05) is 25.0 Å². The van der Waals surface area contributed by atoms with Gasteiger partial charge in [0.25, 0.3) is 0 Å². The lowest BCUT2D eigenvalue weighted by Gasteiger charge is -2.32. The number of nitrogens with two attached hydrogens (primary N) is 1. The van der Waals surface area contributed by atoms with Crippen LogP contribution in [0.15, 0.2) is 0 Å². The van der Waals surface area contributed by atoms with Crippen LogP contribution in [0.1, 0.15) is 57.8 Å². The number of carbonyl (C=O) groups excluding carboxylic acids is 1. The van der Waals surface area contributed by atoms with Gasteiger partial charge in [-0.05, 0) is 38.5 Å². The first kappa shape index (κ1) is 12.9. The van der Waals surface area contributed by atoms with Gasteiger partial charge in [0.2, 0.25) is 5.91 Å². The van der Waals surface area contributed by atoms with E-state index in [1.807, 2.05) is 0 Å². The first-order valence-corrected chi connectivity index (χ1v) is 7.32. The second-order valence-electron chi connectivity index (χ2n) is 5.70. The van der Waals surface area contributed by atoms with Gasteiger partial charge < -0.3 is 10.6 Å². The molecule has 1 aliphatic carbocycles. The zero-order valence-electron chi connectivity index (χ0n) is 10.9. The largest absolute Gasteiger partial charge is 0.342 e. The molecular formula is C14H26N2O. The Labute approximate surface area is 105 Å². The molecule has 0 aromatic carbocycles. The standard InChI is InChI=1S/C14H26N2O/c15-13-8-6-12(7-9-13)14(17)16-10-4-2-1-3-5-11-16/h12-13H,1-11,15H2. The lowest BCUT2D eigenvalue weighted by Crippen LogP contribution is -2.40. The summed E-state index contributed by atoms with van der Waals surface area (Å²) in [6.45, 7) is 1.97. The Morgan fingerprint density at radius 2 is 1.41 bits per heavy atom. The number of rotatable bonds is 1. The van der Waals surface area contributed by atoms with Gasteiger partial charge in [-0.15, -0.1) is 0 Å². The predicted molar refractivity (Wildman–Crippen MR) is 69.6 cm³/mol. The molecule has 1 saturated carbocycles. The zero-order chi connectivity index (χ0) is 12.1. The summed E-state index contributed by atoms with van der Waals surface area (Å²) in [5.41, 5.74) is 5.90. The van der Waals surface area contributed by atoms with Crippen LogP contribution in [0.5, 0.6) is 0 Å². The Morgan fingerprint density at radius 3 is 2.00 bits per heavy atom. The summed E-state index contributed by atoms with van der Waals surface area (Å²) in [4.78, 5) is 14.5. The summed E-state index contributed by atoms with van der Waals surface area (Å²) >= 11 is 0. The van der Waals surface area contributed by atoms with Crippen molar-refractivity contribution in [3.05, 3.63) is 0 Å². The summed E-state index contributed by atoms with van der Waals surface area (Å²) < 4.78 is 0. The minimum atomic E-state index is 0.272. The highest BCUT2D eigenvalue weighted by Crippen LogP contribution is 2.25. The molecule has 2 rings (SSSR count). The lowest BCUT2D eigenvalue weighted by atomic mass is 9.85. The second-order valence-corrected chi connectivity index (χ2v) is 5.70. The average molecular weight is 238 g/mol. The van der Waals surface area contributed by atoms with Crippen LogP contribution in [0.3, 0.4) is 0 Å². The van der Waals surface area contributed by atoms with E-state index in [-0.39, 0.29) is 5.92 Å². The first-order valence-electron chi connectivity index (χ1n) is 7.32. The molecule has 3 heteroatoms. The van der Waals surface area contributed by atoms with Crippen molar-refractivity contribution in [1.29, 1.82) is 0 Å². The maximum atomic E-state index is 12.4. The fourth-order valence-corrected chi connectivity index (χ4v) is 3.09. The maximum Gasteiger partial charge on any atom is 0.225 e. The fraction of sp³-hybridized carbons (Fsp3) is 0.929. The van der Waals surface area contributed by atoms with Gasteiger partial charge in [0.15, 0.2) is 0 Å². The van der Waals surface area contributed by atoms with E-state index in [1.54, 1.807) is 0 Å². The summed E-state index contributed by atoms with van der Waals surface area (Å²) in [6.07, 6.45) is 10.4. The summed E-state index contributed by atoms with van der Waals surface area (Å²) in [5.74, 6) is 0.688. The Hall–Kier alpha value is -0.570. The third-order valence-corrected chi connectivity index (χ3v) is 4.29. The van der Waals surface area contributed by atoms with Gasteiger partial charge >= 0.3 is 0 Å². The topological polar surface area (TPSA) is 46.3 Å². The summed E-state index contributed by atoms with van der Waals surface area (Å²) in [6, 6.07) is 0.339. The Balaban J connectivity index is 1.84. The number of hydrogen-bond donors (Lipinski definition) is 1. The van der Waals surface area contributed by atoms with Crippen molar-refractivity contribution in [2.24, 2.45) is 11.7 Å². The molecule has 0 radical (unpaired) electrons. The molecule has 0 atom stereocenters. The second kappa shape index (κ2) is 6.39. The van der Waals surface area contributed by atoms with E-state index in [4.69, 9.17) is 5.73 Å². The Bertz CT molecular complexity index is 239. The van der Waals surface area contributed by atoms with Crippen molar-refractivity contribution < 1.29 is 4.79 Å². The molecule has 3 nitrogen and oxygen atoms in total. The summed E-state index contributed by atoms with van der Waals surface area (Å²) in [5, 5.41) is 0. The molecule has 2 N–H and O–H groups in total. The molecule has 0 spiro atoms. The van der Waals surface area contributed by atoms with Crippen molar-refractivity contribution in [3.63, 3.8) is 0 Å². The van der Waals surface area contributed by atoms with Gasteiger partial charge in [0.05, 0.1) is 0 Å². The van der Waals surface area contributed by atoms with Crippen molar-refractivity contribution in [1.82, 2.24) is 4.90 Å². The highest BCUT2D eigenvalue weighted by atomic mass is 16.2. The van der Waals surface area contributed by atoms with E-state index in [2.05, 4.69) is 4.90 Å². The Morgan fingerprint density at radius 1 is 0.882 bits per heavy atom. The molecule has 1 aliphatic heterocycles. The summed E-state index contributed by atoms with van der Waals surface area (Å²) in [7, 11) is 0. The van der Waals surface area contributed by atoms with Crippen molar-refractivity contribution in [3.8, 4) is 0 Å². The van der Waals surface area contributed by atoms with Crippen LogP contribution >= 0.6 is 0 Å². The van der Waals surface area contributed by atoms with E-state index in [1.165, 1.54) is 32.1 Å². The van der Waals surface area contributed by atoms with E-state index < -0.39 is 0 Å². The van der Waals surface area contributed by atoms with E-state index in [9.17, 15) is 4.79 Å². The van der Waals surface area contributed by atoms with E-state index in [0.29, 0.717) is 11.9 Å². The van der Waals surface area contributed by atoms with Crippen molar-refractivity contribution in [2.45, 2.75) is 63.8 Å². The molecule has 1 heterocycles. The van der Waals surface area contributed by atoms with Gasteiger partial charge in [-0.3, -0.25) is 4.79 Å². The van der Waals surface area contributed by atoms with Gasteiger partial charge in [0.1, 0.15) is 0 Å². The van der Waals surface area contributed by atoms with Crippen LogP contribution in [0, 0.1) is 5.92 Å². The maximum absolute atomic E-state index is 12.4. The van der Waals surface area contributed by atoms with E-state index in [0.717, 1.165) is 38.8 Å². The molecule has 98 valence electrons. The first-order chi connectivity index (χ1) is 8.27. The third-order valence-electron chi connectivity index (χ3n) is 4.29. The monoisotopic (exact) mass is 238 g/mol. The molecular weight excluding hydrogens is 212 g/mol. The molecule has 1 amide bonds. The minimum Gasteiger partial charge on any atom is -0.342 e. The normalized spacial score (nSPS) is 31.7. The lowest BCUT2D eigenvalue weighted by molar-refractivity contribution is -0.137. The molecule has 0 bridgehead atoms. The van der Waals surface area contributed by atoms with Crippen molar-refractivity contribution in [2.75, 3.05) is 13.1 Å². The number of amides is 1. The number of hydrogen-bond acceptors (Lipinski definition) is 2. The van der Waals surface area contributed by atoms with Crippen LogP contribution in [-0.2, 0) is 4.79 Å². The minimum absolute atomic E-state index is 0.272. The fourth-order valence-electron chi connectivity index (χ4n) is 3.09. The smallest absolute Gasteiger partial charge is 0.225 e. The van der Waals surface area contributed by atoms with Gasteiger partial charge in [-0.2, -0.15) is 0 Å². The number of likely N-dealkylation sites (tertiary alicyclic amines) is 1. The zero-order valence-corrected chi connectivity index (χ0v) is 10.9. The van der Waals surface area contributed by atoms with Crippen LogP contribution in [0.2, 0.25) is 0 Å². The van der Waals surface area contributed by atoms with Crippen LogP contribution in [0.25, 0.3) is 0 Å².